The van der Waals surface area contributed by atoms with Crippen LogP contribution in [0.1, 0.15) is 46.0 Å². The number of carbonyl (C=O) groups is 1. The van der Waals surface area contributed by atoms with E-state index in [4.69, 9.17) is 4.74 Å². The fourth-order valence-corrected chi connectivity index (χ4v) is 3.61. The smallest absolute Gasteiger partial charge is 0.230 e. The summed E-state index contributed by atoms with van der Waals surface area (Å²) in [6, 6.07) is 0. The SMILES string of the molecule is CCCC1(C(=O)N2CCCC(C)(OC)C2)CCNC1. The maximum Gasteiger partial charge on any atom is 0.230 e. The van der Waals surface area contributed by atoms with Gasteiger partial charge in [-0.2, -0.15) is 0 Å². The van der Waals surface area contributed by atoms with E-state index in [1.807, 2.05) is 0 Å². The van der Waals surface area contributed by atoms with E-state index in [-0.39, 0.29) is 11.0 Å². The summed E-state index contributed by atoms with van der Waals surface area (Å²) in [5.74, 6) is 0.349. The van der Waals surface area contributed by atoms with Crippen LogP contribution in [-0.4, -0.2) is 49.7 Å². The zero-order valence-corrected chi connectivity index (χ0v) is 12.6. The van der Waals surface area contributed by atoms with Gasteiger partial charge in [-0.25, -0.2) is 0 Å². The summed E-state index contributed by atoms with van der Waals surface area (Å²) in [6.07, 6.45) is 5.15. The molecule has 2 saturated heterocycles. The number of ether oxygens (including phenoxy) is 1. The van der Waals surface area contributed by atoms with Crippen molar-refractivity contribution in [2.24, 2.45) is 5.41 Å². The van der Waals surface area contributed by atoms with Gasteiger partial charge in [-0.3, -0.25) is 4.79 Å². The molecule has 0 aromatic heterocycles. The minimum atomic E-state index is -0.159. The maximum atomic E-state index is 12.9. The Hall–Kier alpha value is -0.610. The molecule has 4 heteroatoms. The Morgan fingerprint density at radius 1 is 1.42 bits per heavy atom. The van der Waals surface area contributed by atoms with Gasteiger partial charge in [0.25, 0.3) is 0 Å². The molecule has 2 rings (SSSR count). The van der Waals surface area contributed by atoms with Gasteiger partial charge in [-0.15, -0.1) is 0 Å². The lowest BCUT2D eigenvalue weighted by Crippen LogP contribution is -2.54. The first kappa shape index (κ1) is 14.8. The van der Waals surface area contributed by atoms with Crippen LogP contribution in [0.5, 0.6) is 0 Å². The molecule has 0 bridgehead atoms. The van der Waals surface area contributed by atoms with E-state index < -0.39 is 0 Å². The topological polar surface area (TPSA) is 41.6 Å². The second-order valence-corrected chi connectivity index (χ2v) is 6.44. The normalized spacial score (nSPS) is 35.6. The van der Waals surface area contributed by atoms with Crippen molar-refractivity contribution in [1.29, 1.82) is 0 Å². The Kier molecular flexibility index (Phi) is 4.51. The average molecular weight is 268 g/mol. The summed E-state index contributed by atoms with van der Waals surface area (Å²) in [6.45, 7) is 7.74. The molecular formula is C15H28N2O2. The first-order valence-corrected chi connectivity index (χ1v) is 7.60. The highest BCUT2D eigenvalue weighted by Crippen LogP contribution is 2.35. The Bertz CT molecular complexity index is 326. The molecule has 0 aliphatic carbocycles. The standard InChI is InChI=1S/C15H28N2O2/c1-4-6-15(8-9-16-11-15)13(18)17-10-5-7-14(2,12-17)19-3/h16H,4-12H2,1-3H3. The maximum absolute atomic E-state index is 12.9. The highest BCUT2D eigenvalue weighted by Gasteiger charge is 2.45. The minimum absolute atomic E-state index is 0.152. The minimum Gasteiger partial charge on any atom is -0.377 e. The van der Waals surface area contributed by atoms with E-state index in [0.29, 0.717) is 5.91 Å². The van der Waals surface area contributed by atoms with E-state index in [2.05, 4.69) is 24.1 Å². The summed E-state index contributed by atoms with van der Waals surface area (Å²) in [7, 11) is 1.76. The van der Waals surface area contributed by atoms with Gasteiger partial charge >= 0.3 is 0 Å². The van der Waals surface area contributed by atoms with E-state index in [1.54, 1.807) is 7.11 Å². The molecule has 2 aliphatic rings. The fraction of sp³-hybridized carbons (Fsp3) is 0.933. The zero-order valence-electron chi connectivity index (χ0n) is 12.6. The third kappa shape index (κ3) is 2.95. The van der Waals surface area contributed by atoms with Crippen LogP contribution in [0.2, 0.25) is 0 Å². The van der Waals surface area contributed by atoms with Crippen molar-refractivity contribution in [3.8, 4) is 0 Å². The number of methoxy groups -OCH3 is 1. The molecule has 110 valence electrons. The first-order chi connectivity index (χ1) is 9.05. The molecule has 1 amide bonds. The zero-order chi connectivity index (χ0) is 13.9. The largest absolute Gasteiger partial charge is 0.377 e. The molecule has 4 nitrogen and oxygen atoms in total. The lowest BCUT2D eigenvalue weighted by molar-refractivity contribution is -0.149. The summed E-state index contributed by atoms with van der Waals surface area (Å²) < 4.78 is 5.61. The Morgan fingerprint density at radius 3 is 2.79 bits per heavy atom. The Balaban J connectivity index is 2.09. The van der Waals surface area contributed by atoms with Gasteiger partial charge in [-0.1, -0.05) is 13.3 Å². The molecule has 2 aliphatic heterocycles. The van der Waals surface area contributed by atoms with Crippen molar-refractivity contribution in [2.75, 3.05) is 33.3 Å². The molecule has 2 heterocycles. The molecule has 2 atom stereocenters. The molecule has 2 unspecified atom stereocenters. The van der Waals surface area contributed by atoms with E-state index >= 15 is 0 Å². The summed E-state index contributed by atoms with van der Waals surface area (Å²) in [5.41, 5.74) is -0.311. The van der Waals surface area contributed by atoms with Crippen molar-refractivity contribution >= 4 is 5.91 Å². The van der Waals surface area contributed by atoms with Crippen molar-refractivity contribution in [2.45, 2.75) is 51.6 Å². The molecule has 2 fully saturated rings. The first-order valence-electron chi connectivity index (χ1n) is 7.60. The van der Waals surface area contributed by atoms with Crippen LogP contribution in [0.3, 0.4) is 0 Å². The van der Waals surface area contributed by atoms with E-state index in [9.17, 15) is 4.79 Å². The molecule has 19 heavy (non-hydrogen) atoms. The van der Waals surface area contributed by atoms with Crippen molar-refractivity contribution in [1.82, 2.24) is 10.2 Å². The van der Waals surface area contributed by atoms with Crippen LogP contribution in [0.15, 0.2) is 0 Å². The average Bonchev–Trinajstić information content (AvgIpc) is 2.88. The predicted octanol–water partition coefficient (Wildman–Crippen LogP) is 1.79. The van der Waals surface area contributed by atoms with Gasteiger partial charge in [-0.05, 0) is 39.2 Å². The van der Waals surface area contributed by atoms with Gasteiger partial charge in [0.15, 0.2) is 0 Å². The Labute approximate surface area is 116 Å². The number of piperidine rings is 1. The van der Waals surface area contributed by atoms with Crippen LogP contribution in [0.4, 0.5) is 0 Å². The molecule has 0 aromatic rings. The van der Waals surface area contributed by atoms with Gasteiger partial charge in [0.05, 0.1) is 11.0 Å². The third-order valence-electron chi connectivity index (χ3n) is 4.86. The van der Waals surface area contributed by atoms with Gasteiger partial charge < -0.3 is 15.0 Å². The van der Waals surface area contributed by atoms with Crippen LogP contribution in [0, 0.1) is 5.41 Å². The highest BCUT2D eigenvalue weighted by atomic mass is 16.5. The lowest BCUT2D eigenvalue weighted by atomic mass is 9.80. The van der Waals surface area contributed by atoms with Crippen LogP contribution >= 0.6 is 0 Å². The number of nitrogens with one attached hydrogen (secondary N) is 1. The second kappa shape index (κ2) is 5.80. The molecule has 0 aromatic carbocycles. The van der Waals surface area contributed by atoms with Crippen molar-refractivity contribution < 1.29 is 9.53 Å². The quantitative estimate of drug-likeness (QED) is 0.845. The van der Waals surface area contributed by atoms with Crippen LogP contribution in [0.25, 0.3) is 0 Å². The Morgan fingerprint density at radius 2 is 2.21 bits per heavy atom. The summed E-state index contributed by atoms with van der Waals surface area (Å²) in [4.78, 5) is 15.0. The second-order valence-electron chi connectivity index (χ2n) is 6.44. The van der Waals surface area contributed by atoms with E-state index in [1.165, 1.54) is 0 Å². The number of carbonyl (C=O) groups excluding carboxylic acids is 1. The summed E-state index contributed by atoms with van der Waals surface area (Å²) in [5, 5.41) is 3.37. The van der Waals surface area contributed by atoms with Crippen molar-refractivity contribution in [3.63, 3.8) is 0 Å². The van der Waals surface area contributed by atoms with Crippen molar-refractivity contribution in [3.05, 3.63) is 0 Å². The number of likely N-dealkylation sites (tertiary alicyclic amines) is 1. The molecule has 0 spiro atoms. The van der Waals surface area contributed by atoms with Crippen LogP contribution in [-0.2, 0) is 9.53 Å². The van der Waals surface area contributed by atoms with Gasteiger partial charge in [0.1, 0.15) is 0 Å². The third-order valence-corrected chi connectivity index (χ3v) is 4.86. The number of amides is 1. The molecule has 1 N–H and O–H groups in total. The predicted molar refractivity (Wildman–Crippen MR) is 76.1 cm³/mol. The number of hydrogen-bond acceptors (Lipinski definition) is 3. The number of nitrogens with zero attached hydrogens (tertiary/aromatic N) is 1. The number of hydrogen-bond donors (Lipinski definition) is 1. The fourth-order valence-electron chi connectivity index (χ4n) is 3.61. The van der Waals surface area contributed by atoms with Gasteiger partial charge in [0.2, 0.25) is 5.91 Å². The van der Waals surface area contributed by atoms with Crippen LogP contribution < -0.4 is 5.32 Å². The highest BCUT2D eigenvalue weighted by molar-refractivity contribution is 5.83. The summed E-state index contributed by atoms with van der Waals surface area (Å²) >= 11 is 0. The van der Waals surface area contributed by atoms with E-state index in [0.717, 1.165) is 58.3 Å². The molecular weight excluding hydrogens is 240 g/mol. The number of rotatable bonds is 4. The molecule has 0 radical (unpaired) electrons. The molecule has 0 saturated carbocycles. The lowest BCUT2D eigenvalue weighted by Gasteiger charge is -2.43. The monoisotopic (exact) mass is 268 g/mol. The van der Waals surface area contributed by atoms with Gasteiger partial charge in [0, 0.05) is 26.7 Å².